The van der Waals surface area contributed by atoms with E-state index in [0.29, 0.717) is 23.1 Å². The van der Waals surface area contributed by atoms with Gasteiger partial charge in [-0.3, -0.25) is 14.5 Å². The van der Waals surface area contributed by atoms with Crippen molar-refractivity contribution in [3.05, 3.63) is 71.5 Å². The summed E-state index contributed by atoms with van der Waals surface area (Å²) in [6.07, 6.45) is 5.07. The van der Waals surface area contributed by atoms with E-state index in [4.69, 9.17) is 14.2 Å². The number of allylic oxidation sites excluding steroid dienone is 2. The summed E-state index contributed by atoms with van der Waals surface area (Å²) in [5.74, 6) is 1.89. The largest absolute Gasteiger partial charge is 0.497 e. The fourth-order valence-corrected chi connectivity index (χ4v) is 6.41. The lowest BCUT2D eigenvalue weighted by Gasteiger charge is -2.30. The van der Waals surface area contributed by atoms with E-state index < -0.39 is 6.04 Å². The molecule has 1 N–H and O–H groups in total. The van der Waals surface area contributed by atoms with Gasteiger partial charge in [0.15, 0.2) is 0 Å². The molecule has 0 saturated heterocycles. The Bertz CT molecular complexity index is 1470. The van der Waals surface area contributed by atoms with E-state index in [9.17, 15) is 9.59 Å². The molecule has 0 bridgehead atoms. The molecule has 2 unspecified atom stereocenters. The van der Waals surface area contributed by atoms with Crippen LogP contribution >= 0.6 is 11.8 Å². The van der Waals surface area contributed by atoms with Crippen LogP contribution in [0.25, 0.3) is 10.9 Å². The van der Waals surface area contributed by atoms with E-state index in [1.54, 1.807) is 44.4 Å². The molecule has 2 aliphatic rings. The number of benzene rings is 2. The van der Waals surface area contributed by atoms with Crippen molar-refractivity contribution in [3.63, 3.8) is 0 Å². The van der Waals surface area contributed by atoms with Crippen LogP contribution in [-0.4, -0.2) is 50.0 Å². The number of hydrogen-bond acceptors (Lipinski definition) is 6. The molecular formula is C30H33N3O5S. The van der Waals surface area contributed by atoms with E-state index >= 15 is 0 Å². The molecular weight excluding hydrogens is 514 g/mol. The van der Waals surface area contributed by atoms with Crippen molar-refractivity contribution >= 4 is 40.2 Å². The quantitative estimate of drug-likeness (QED) is 0.449. The standard InChI is InChI=1S/C30H33N3O5S/c1-18-10-11-25(38-5)19(12-18)16-31-29(35)28-27-23-8-6-7-9-24(23)32(2)30(27)39-17-26(34)33(28)20-13-21(36-3)15-22(14-20)37-4/h6-9,11-15,18,28H,10,16-17H2,1-5H3,(H,31,35). The number of methoxy groups -OCH3 is 3. The highest BCUT2D eigenvalue weighted by atomic mass is 32.2. The number of rotatable bonds is 7. The van der Waals surface area contributed by atoms with Crippen LogP contribution in [0.2, 0.25) is 0 Å². The van der Waals surface area contributed by atoms with Gasteiger partial charge in [0.25, 0.3) is 0 Å². The molecule has 39 heavy (non-hydrogen) atoms. The third-order valence-electron chi connectivity index (χ3n) is 7.24. The minimum atomic E-state index is -0.915. The average molecular weight is 548 g/mol. The number of amides is 2. The van der Waals surface area contributed by atoms with Gasteiger partial charge in [0.2, 0.25) is 11.8 Å². The van der Waals surface area contributed by atoms with Crippen molar-refractivity contribution in [1.29, 1.82) is 0 Å². The van der Waals surface area contributed by atoms with Crippen LogP contribution in [0.1, 0.15) is 24.9 Å². The van der Waals surface area contributed by atoms with E-state index in [1.807, 2.05) is 31.3 Å². The molecule has 5 rings (SSSR count). The van der Waals surface area contributed by atoms with E-state index in [-0.39, 0.29) is 24.1 Å². The molecule has 2 heterocycles. The van der Waals surface area contributed by atoms with E-state index in [2.05, 4.69) is 29.0 Å². The molecule has 3 aromatic rings. The third kappa shape index (κ3) is 4.98. The first-order valence-corrected chi connectivity index (χ1v) is 13.8. The molecule has 1 aromatic heterocycles. The second-order valence-electron chi connectivity index (χ2n) is 9.72. The molecule has 0 fully saturated rings. The SMILES string of the molecule is COC1=CCC(C)C=C1CNC(=O)C1c2c(n(C)c3ccccc23)SCC(=O)N1c1cc(OC)cc(OC)c1. The lowest BCUT2D eigenvalue weighted by atomic mass is 9.96. The summed E-state index contributed by atoms with van der Waals surface area (Å²) >= 11 is 1.45. The minimum absolute atomic E-state index is 0.180. The van der Waals surface area contributed by atoms with Crippen LogP contribution in [0.5, 0.6) is 11.5 Å². The molecule has 2 atom stereocenters. The maximum Gasteiger partial charge on any atom is 0.248 e. The zero-order valence-electron chi connectivity index (χ0n) is 22.8. The summed E-state index contributed by atoms with van der Waals surface area (Å²) in [7, 11) is 6.73. The highest BCUT2D eigenvalue weighted by molar-refractivity contribution is 8.00. The zero-order chi connectivity index (χ0) is 27.7. The van der Waals surface area contributed by atoms with Crippen molar-refractivity contribution in [2.24, 2.45) is 13.0 Å². The van der Waals surface area contributed by atoms with Crippen LogP contribution in [0, 0.1) is 5.92 Å². The minimum Gasteiger partial charge on any atom is -0.497 e. The number of nitrogens with one attached hydrogen (secondary N) is 1. The number of aromatic nitrogens is 1. The van der Waals surface area contributed by atoms with Crippen LogP contribution in [0.15, 0.2) is 71.0 Å². The summed E-state index contributed by atoms with van der Waals surface area (Å²) in [4.78, 5) is 29.6. The number of anilines is 1. The summed E-state index contributed by atoms with van der Waals surface area (Å²) in [6, 6.07) is 12.3. The predicted octanol–water partition coefficient (Wildman–Crippen LogP) is 4.99. The first kappa shape index (κ1) is 26.7. The molecule has 8 nitrogen and oxygen atoms in total. The Hall–Kier alpha value is -3.85. The Kier molecular flexibility index (Phi) is 7.61. The van der Waals surface area contributed by atoms with Gasteiger partial charge in [-0.1, -0.05) is 43.0 Å². The summed E-state index contributed by atoms with van der Waals surface area (Å²) in [5, 5.41) is 4.95. The molecule has 0 spiro atoms. The first-order valence-electron chi connectivity index (χ1n) is 12.8. The van der Waals surface area contributed by atoms with E-state index in [0.717, 1.165) is 39.2 Å². The topological polar surface area (TPSA) is 82.0 Å². The van der Waals surface area contributed by atoms with Crippen molar-refractivity contribution < 1.29 is 23.8 Å². The van der Waals surface area contributed by atoms with Gasteiger partial charge >= 0.3 is 0 Å². The summed E-state index contributed by atoms with van der Waals surface area (Å²) in [6.45, 7) is 2.42. The number of nitrogens with zero attached hydrogens (tertiary/aromatic N) is 2. The Morgan fingerprint density at radius 3 is 2.49 bits per heavy atom. The number of ether oxygens (including phenoxy) is 3. The van der Waals surface area contributed by atoms with Crippen LogP contribution < -0.4 is 19.7 Å². The normalized spacial score (nSPS) is 19.1. The average Bonchev–Trinajstić information content (AvgIpc) is 3.13. The van der Waals surface area contributed by atoms with Gasteiger partial charge in [-0.25, -0.2) is 0 Å². The number of aryl methyl sites for hydroxylation is 1. The molecule has 0 radical (unpaired) electrons. The fraction of sp³-hybridized carbons (Fsp3) is 0.333. The van der Waals surface area contributed by atoms with Crippen molar-refractivity contribution in [1.82, 2.24) is 9.88 Å². The number of thioether (sulfide) groups is 1. The Balaban J connectivity index is 1.64. The van der Waals surface area contributed by atoms with E-state index in [1.165, 1.54) is 11.8 Å². The Labute approximate surface area is 232 Å². The molecule has 1 aliphatic carbocycles. The monoisotopic (exact) mass is 547 g/mol. The highest BCUT2D eigenvalue weighted by Gasteiger charge is 2.40. The summed E-state index contributed by atoms with van der Waals surface area (Å²) < 4.78 is 18.6. The molecule has 0 saturated carbocycles. The summed E-state index contributed by atoms with van der Waals surface area (Å²) in [5.41, 5.74) is 3.25. The lowest BCUT2D eigenvalue weighted by Crippen LogP contribution is -2.44. The number of fused-ring (bicyclic) bond motifs is 3. The van der Waals surface area contributed by atoms with Gasteiger partial charge in [-0.15, -0.1) is 0 Å². The van der Waals surface area contributed by atoms with Gasteiger partial charge in [-0.2, -0.15) is 0 Å². The predicted molar refractivity (Wildman–Crippen MR) is 153 cm³/mol. The first-order chi connectivity index (χ1) is 18.9. The third-order valence-corrected chi connectivity index (χ3v) is 8.39. The number of carbonyl (C=O) groups excluding carboxylic acids is 2. The van der Waals surface area contributed by atoms with Gasteiger partial charge in [0, 0.05) is 53.8 Å². The van der Waals surface area contributed by atoms with Crippen molar-refractivity contribution in [3.8, 4) is 11.5 Å². The second-order valence-corrected chi connectivity index (χ2v) is 10.7. The smallest absolute Gasteiger partial charge is 0.248 e. The Morgan fingerprint density at radius 2 is 1.79 bits per heavy atom. The molecule has 2 aromatic carbocycles. The van der Waals surface area contributed by atoms with Gasteiger partial charge in [0.1, 0.15) is 23.3 Å². The maximum absolute atomic E-state index is 14.3. The number of para-hydroxylation sites is 1. The number of carbonyl (C=O) groups is 2. The molecule has 1 aliphatic heterocycles. The number of hydrogen-bond donors (Lipinski definition) is 1. The van der Waals surface area contributed by atoms with Gasteiger partial charge < -0.3 is 24.1 Å². The molecule has 2 amide bonds. The van der Waals surface area contributed by atoms with Crippen molar-refractivity contribution in [2.45, 2.75) is 24.4 Å². The lowest BCUT2D eigenvalue weighted by molar-refractivity contribution is -0.125. The van der Waals surface area contributed by atoms with Crippen LogP contribution in [0.4, 0.5) is 5.69 Å². The van der Waals surface area contributed by atoms with Crippen LogP contribution in [0.3, 0.4) is 0 Å². The van der Waals surface area contributed by atoms with Crippen LogP contribution in [-0.2, 0) is 21.4 Å². The highest BCUT2D eigenvalue weighted by Crippen LogP contribution is 2.44. The van der Waals surface area contributed by atoms with Gasteiger partial charge in [-0.05, 0) is 24.5 Å². The second kappa shape index (κ2) is 11.1. The fourth-order valence-electron chi connectivity index (χ4n) is 5.34. The maximum atomic E-state index is 14.3. The molecule has 9 heteroatoms. The van der Waals surface area contributed by atoms with Gasteiger partial charge in [0.05, 0.1) is 37.8 Å². The molecule has 204 valence electrons. The Morgan fingerprint density at radius 1 is 1.08 bits per heavy atom. The zero-order valence-corrected chi connectivity index (χ0v) is 23.6. The van der Waals surface area contributed by atoms with Crippen molar-refractivity contribution in [2.75, 3.05) is 38.5 Å².